The Hall–Kier alpha value is -2.40. The molecule has 0 spiro atoms. The molecule has 2 amide bonds. The molecule has 5 nitrogen and oxygen atoms in total. The topological polar surface area (TPSA) is 57.3 Å². The van der Waals surface area contributed by atoms with E-state index in [-0.39, 0.29) is 12.1 Å². The Bertz CT molecular complexity index is 647. The van der Waals surface area contributed by atoms with Crippen molar-refractivity contribution in [3.05, 3.63) is 66.0 Å². The van der Waals surface area contributed by atoms with Gasteiger partial charge in [0.05, 0.1) is 0 Å². The van der Waals surface area contributed by atoms with Crippen molar-refractivity contribution in [3.8, 4) is 0 Å². The lowest BCUT2D eigenvalue weighted by Crippen LogP contribution is -2.50. The number of aromatic nitrogens is 1. The van der Waals surface area contributed by atoms with Crippen LogP contribution in [0.5, 0.6) is 0 Å². The second kappa shape index (κ2) is 9.18. The van der Waals surface area contributed by atoms with Gasteiger partial charge in [0.2, 0.25) is 0 Å². The van der Waals surface area contributed by atoms with Gasteiger partial charge in [0.1, 0.15) is 0 Å². The number of nitrogens with one attached hydrogen (secondary N) is 2. The van der Waals surface area contributed by atoms with Crippen molar-refractivity contribution in [2.45, 2.75) is 31.8 Å². The standard InChI is InChI=1S/C20H26N4O/c25-20(22-13-10-17-8-11-21-12-9-17)23-19-7-4-14-24(16-19)15-18-5-2-1-3-6-18/h1-3,5-6,8-9,11-12,19H,4,7,10,13-16H2,(H2,22,23,25)/t19-/m0/s1. The van der Waals surface area contributed by atoms with Gasteiger partial charge in [0.15, 0.2) is 0 Å². The van der Waals surface area contributed by atoms with Gasteiger partial charge in [-0.25, -0.2) is 4.79 Å². The lowest BCUT2D eigenvalue weighted by Gasteiger charge is -2.33. The molecule has 0 unspecified atom stereocenters. The number of hydrogen-bond acceptors (Lipinski definition) is 3. The summed E-state index contributed by atoms with van der Waals surface area (Å²) in [6, 6.07) is 14.6. The molecule has 3 rings (SSSR count). The average Bonchev–Trinajstić information content (AvgIpc) is 2.64. The Balaban J connectivity index is 1.39. The first-order valence-electron chi connectivity index (χ1n) is 8.99. The molecule has 0 bridgehead atoms. The maximum absolute atomic E-state index is 12.1. The van der Waals surface area contributed by atoms with Crippen LogP contribution < -0.4 is 10.6 Å². The van der Waals surface area contributed by atoms with E-state index < -0.39 is 0 Å². The van der Waals surface area contributed by atoms with Gasteiger partial charge in [-0.15, -0.1) is 0 Å². The highest BCUT2D eigenvalue weighted by atomic mass is 16.2. The van der Waals surface area contributed by atoms with Crippen LogP contribution in [0.25, 0.3) is 0 Å². The zero-order valence-electron chi connectivity index (χ0n) is 14.5. The first-order valence-corrected chi connectivity index (χ1v) is 8.99. The van der Waals surface area contributed by atoms with Crippen LogP contribution in [0.1, 0.15) is 24.0 Å². The molecule has 0 aliphatic carbocycles. The third-order valence-electron chi connectivity index (χ3n) is 4.54. The second-order valence-electron chi connectivity index (χ2n) is 6.57. The number of nitrogens with zero attached hydrogens (tertiary/aromatic N) is 2. The van der Waals surface area contributed by atoms with Gasteiger partial charge in [-0.1, -0.05) is 30.3 Å². The van der Waals surface area contributed by atoms with Crippen LogP contribution in [0, 0.1) is 0 Å². The summed E-state index contributed by atoms with van der Waals surface area (Å²) in [6.45, 7) is 3.59. The molecular weight excluding hydrogens is 312 g/mol. The highest BCUT2D eigenvalue weighted by molar-refractivity contribution is 5.74. The molecule has 2 heterocycles. The Morgan fingerprint density at radius 1 is 1.12 bits per heavy atom. The smallest absolute Gasteiger partial charge is 0.315 e. The molecule has 5 heteroatoms. The molecular formula is C20H26N4O. The number of carbonyl (C=O) groups excluding carboxylic acids is 1. The number of hydrogen-bond donors (Lipinski definition) is 2. The fourth-order valence-electron chi connectivity index (χ4n) is 3.26. The van der Waals surface area contributed by atoms with E-state index in [2.05, 4.69) is 44.8 Å². The van der Waals surface area contributed by atoms with E-state index in [4.69, 9.17) is 0 Å². The number of piperidine rings is 1. The number of benzene rings is 1. The summed E-state index contributed by atoms with van der Waals surface area (Å²) >= 11 is 0. The maximum atomic E-state index is 12.1. The molecule has 1 saturated heterocycles. The van der Waals surface area contributed by atoms with Gasteiger partial charge < -0.3 is 10.6 Å². The first kappa shape index (κ1) is 17.4. The van der Waals surface area contributed by atoms with Gasteiger partial charge in [-0.05, 0) is 49.1 Å². The molecule has 1 aromatic carbocycles. The fourth-order valence-corrected chi connectivity index (χ4v) is 3.26. The Morgan fingerprint density at radius 3 is 2.72 bits per heavy atom. The minimum Gasteiger partial charge on any atom is -0.338 e. The van der Waals surface area contributed by atoms with Crippen molar-refractivity contribution in [2.75, 3.05) is 19.6 Å². The molecule has 1 atom stereocenters. The lowest BCUT2D eigenvalue weighted by molar-refractivity contribution is 0.180. The molecule has 1 fully saturated rings. The summed E-state index contributed by atoms with van der Waals surface area (Å²) in [6.07, 6.45) is 6.54. The van der Waals surface area contributed by atoms with Crippen molar-refractivity contribution in [1.29, 1.82) is 0 Å². The van der Waals surface area contributed by atoms with E-state index in [0.717, 1.165) is 38.9 Å². The number of amides is 2. The van der Waals surface area contributed by atoms with Gasteiger partial charge >= 0.3 is 6.03 Å². The third-order valence-corrected chi connectivity index (χ3v) is 4.54. The van der Waals surface area contributed by atoms with Crippen LogP contribution in [-0.2, 0) is 13.0 Å². The van der Waals surface area contributed by atoms with E-state index in [9.17, 15) is 4.79 Å². The van der Waals surface area contributed by atoms with Crippen LogP contribution in [-0.4, -0.2) is 41.6 Å². The summed E-state index contributed by atoms with van der Waals surface area (Å²) in [7, 11) is 0. The van der Waals surface area contributed by atoms with Crippen molar-refractivity contribution in [2.24, 2.45) is 0 Å². The van der Waals surface area contributed by atoms with E-state index >= 15 is 0 Å². The summed E-state index contributed by atoms with van der Waals surface area (Å²) in [5.41, 5.74) is 2.51. The molecule has 1 aliphatic heterocycles. The number of urea groups is 1. The minimum absolute atomic E-state index is 0.0689. The van der Waals surface area contributed by atoms with Crippen LogP contribution in [0.15, 0.2) is 54.9 Å². The Kier molecular flexibility index (Phi) is 6.40. The molecule has 0 saturated carbocycles. The van der Waals surface area contributed by atoms with Crippen LogP contribution in [0.4, 0.5) is 4.79 Å². The molecule has 132 valence electrons. The predicted octanol–water partition coefficient (Wildman–Crippen LogP) is 2.59. The minimum atomic E-state index is -0.0689. The van der Waals surface area contributed by atoms with Gasteiger partial charge in [0, 0.05) is 38.1 Å². The quantitative estimate of drug-likeness (QED) is 0.851. The zero-order valence-corrected chi connectivity index (χ0v) is 14.5. The Morgan fingerprint density at radius 2 is 1.92 bits per heavy atom. The van der Waals surface area contributed by atoms with E-state index in [1.165, 1.54) is 11.1 Å². The second-order valence-corrected chi connectivity index (χ2v) is 6.57. The van der Waals surface area contributed by atoms with E-state index in [0.29, 0.717) is 6.54 Å². The van der Waals surface area contributed by atoms with Crippen molar-refractivity contribution in [1.82, 2.24) is 20.5 Å². The number of rotatable bonds is 6. The predicted molar refractivity (Wildman–Crippen MR) is 99.2 cm³/mol. The summed E-state index contributed by atoms with van der Waals surface area (Å²) in [4.78, 5) is 18.5. The number of carbonyl (C=O) groups is 1. The maximum Gasteiger partial charge on any atom is 0.315 e. The monoisotopic (exact) mass is 338 g/mol. The highest BCUT2D eigenvalue weighted by Crippen LogP contribution is 2.13. The van der Waals surface area contributed by atoms with E-state index in [1.807, 2.05) is 18.2 Å². The van der Waals surface area contributed by atoms with Crippen LogP contribution in [0.2, 0.25) is 0 Å². The molecule has 1 aromatic heterocycles. The summed E-state index contributed by atoms with van der Waals surface area (Å²) < 4.78 is 0. The van der Waals surface area contributed by atoms with Crippen molar-refractivity contribution < 1.29 is 4.79 Å². The SMILES string of the molecule is O=C(NCCc1ccncc1)N[C@H]1CCCN(Cc2ccccc2)C1. The molecule has 2 N–H and O–H groups in total. The summed E-state index contributed by atoms with van der Waals surface area (Å²) in [5.74, 6) is 0. The van der Waals surface area contributed by atoms with Gasteiger partial charge in [0.25, 0.3) is 0 Å². The first-order chi connectivity index (χ1) is 12.3. The molecule has 2 aromatic rings. The number of pyridine rings is 1. The lowest BCUT2D eigenvalue weighted by atomic mass is 10.0. The third kappa shape index (κ3) is 5.87. The van der Waals surface area contributed by atoms with Crippen LogP contribution >= 0.6 is 0 Å². The zero-order chi connectivity index (χ0) is 17.3. The molecule has 0 radical (unpaired) electrons. The largest absolute Gasteiger partial charge is 0.338 e. The number of likely N-dealkylation sites (tertiary alicyclic amines) is 1. The summed E-state index contributed by atoms with van der Waals surface area (Å²) in [5, 5.41) is 6.07. The van der Waals surface area contributed by atoms with Gasteiger partial charge in [-0.2, -0.15) is 0 Å². The molecule has 25 heavy (non-hydrogen) atoms. The highest BCUT2D eigenvalue weighted by Gasteiger charge is 2.21. The average molecular weight is 338 g/mol. The van der Waals surface area contributed by atoms with E-state index in [1.54, 1.807) is 12.4 Å². The normalized spacial score (nSPS) is 17.8. The van der Waals surface area contributed by atoms with Crippen LogP contribution in [0.3, 0.4) is 0 Å². The van der Waals surface area contributed by atoms with Crippen molar-refractivity contribution >= 4 is 6.03 Å². The molecule has 1 aliphatic rings. The fraction of sp³-hybridized carbons (Fsp3) is 0.400. The van der Waals surface area contributed by atoms with Crippen molar-refractivity contribution in [3.63, 3.8) is 0 Å². The Labute approximate surface area is 149 Å². The van der Waals surface area contributed by atoms with Gasteiger partial charge in [-0.3, -0.25) is 9.88 Å².